The number of carbonyl (C=O) groups excluding carboxylic acids is 1. The molecular weight excluding hydrogens is 166 g/mol. The zero-order valence-corrected chi connectivity index (χ0v) is 6.46. The molecule has 0 fully saturated rings. The highest BCUT2D eigenvalue weighted by Gasteiger charge is 2.25. The minimum atomic E-state index is -1.36. The summed E-state index contributed by atoms with van der Waals surface area (Å²) in [4.78, 5) is 14.2. The highest BCUT2D eigenvalue weighted by atomic mass is 16.6. The molecule has 6 heteroatoms. The molecule has 0 spiro atoms. The van der Waals surface area contributed by atoms with E-state index < -0.39 is 24.9 Å². The average Bonchev–Trinajstić information content (AvgIpc) is 2.11. The van der Waals surface area contributed by atoms with Gasteiger partial charge in [0.15, 0.2) is 0 Å². The van der Waals surface area contributed by atoms with E-state index >= 15 is 0 Å². The molecule has 72 valence electrons. The van der Waals surface area contributed by atoms with Crippen LogP contribution < -0.4 is 5.90 Å². The number of hydrogen-bond acceptors (Lipinski definition) is 6. The van der Waals surface area contributed by atoms with Crippen LogP contribution in [-0.4, -0.2) is 46.5 Å². The summed E-state index contributed by atoms with van der Waals surface area (Å²) in [5.41, 5.74) is 0. The number of rotatable bonds is 6. The van der Waals surface area contributed by atoms with Crippen LogP contribution in [0.1, 0.15) is 6.42 Å². The molecule has 0 aliphatic heterocycles. The van der Waals surface area contributed by atoms with Crippen LogP contribution in [0, 0.1) is 0 Å². The third-order valence-electron chi connectivity index (χ3n) is 1.47. The van der Waals surface area contributed by atoms with Crippen molar-refractivity contribution in [3.05, 3.63) is 0 Å². The van der Waals surface area contributed by atoms with E-state index in [0.29, 0.717) is 6.29 Å². The molecule has 0 aromatic rings. The minimum absolute atomic E-state index is 0.130. The van der Waals surface area contributed by atoms with Crippen molar-refractivity contribution in [2.24, 2.45) is 5.90 Å². The summed E-state index contributed by atoms with van der Waals surface area (Å²) < 4.78 is 0. The van der Waals surface area contributed by atoms with E-state index in [1.807, 2.05) is 0 Å². The fourth-order valence-corrected chi connectivity index (χ4v) is 0.726. The van der Waals surface area contributed by atoms with Gasteiger partial charge in [-0.05, 0) is 0 Å². The Labute approximate surface area is 69.5 Å². The van der Waals surface area contributed by atoms with Crippen molar-refractivity contribution < 1.29 is 25.0 Å². The van der Waals surface area contributed by atoms with Gasteiger partial charge in [-0.3, -0.25) is 4.84 Å². The van der Waals surface area contributed by atoms with E-state index in [1.54, 1.807) is 0 Å². The van der Waals surface area contributed by atoms with E-state index in [1.165, 1.54) is 0 Å². The topological polar surface area (TPSA) is 113 Å². The highest BCUT2D eigenvalue weighted by Crippen LogP contribution is 2.05. The summed E-state index contributed by atoms with van der Waals surface area (Å²) in [6, 6.07) is 0. The first kappa shape index (κ1) is 11.5. The Morgan fingerprint density at radius 3 is 2.42 bits per heavy atom. The van der Waals surface area contributed by atoms with Crippen molar-refractivity contribution in [2.45, 2.75) is 24.7 Å². The summed E-state index contributed by atoms with van der Waals surface area (Å²) in [6.07, 6.45) is -3.31. The number of aliphatic hydroxyl groups is 3. The van der Waals surface area contributed by atoms with Crippen LogP contribution in [0.2, 0.25) is 0 Å². The lowest BCUT2D eigenvalue weighted by atomic mass is 10.1. The molecule has 0 amide bonds. The Hall–Kier alpha value is -0.530. The third-order valence-corrected chi connectivity index (χ3v) is 1.47. The van der Waals surface area contributed by atoms with Gasteiger partial charge in [-0.2, -0.15) is 0 Å². The molecule has 0 heterocycles. The molecule has 3 atom stereocenters. The molecule has 0 saturated heterocycles. The molecule has 0 radical (unpaired) electrons. The normalized spacial score (nSPS) is 18.3. The van der Waals surface area contributed by atoms with E-state index in [0.717, 1.165) is 0 Å². The SMILES string of the molecule is NO[C@@H](CC=O)[C@@H](O)[C@H](O)CO. The van der Waals surface area contributed by atoms with Gasteiger partial charge in [-0.1, -0.05) is 0 Å². The second-order valence-electron chi connectivity index (χ2n) is 2.32. The van der Waals surface area contributed by atoms with Gasteiger partial charge >= 0.3 is 0 Å². The molecule has 6 nitrogen and oxygen atoms in total. The van der Waals surface area contributed by atoms with Crippen molar-refractivity contribution in [2.75, 3.05) is 6.61 Å². The Morgan fingerprint density at radius 2 is 2.08 bits per heavy atom. The molecule has 0 saturated carbocycles. The predicted octanol–water partition coefficient (Wildman–Crippen LogP) is -2.45. The smallest absolute Gasteiger partial charge is 0.122 e. The maximum Gasteiger partial charge on any atom is 0.122 e. The Balaban J connectivity index is 3.99. The van der Waals surface area contributed by atoms with Crippen molar-refractivity contribution >= 4 is 6.29 Å². The van der Waals surface area contributed by atoms with Crippen molar-refractivity contribution in [1.29, 1.82) is 0 Å². The molecular formula is C6H13NO5. The van der Waals surface area contributed by atoms with Crippen LogP contribution in [0.25, 0.3) is 0 Å². The fraction of sp³-hybridized carbons (Fsp3) is 0.833. The predicted molar refractivity (Wildman–Crippen MR) is 38.8 cm³/mol. The van der Waals surface area contributed by atoms with Gasteiger partial charge in [0.25, 0.3) is 0 Å². The Bertz CT molecular complexity index is 131. The van der Waals surface area contributed by atoms with E-state index in [2.05, 4.69) is 4.84 Å². The number of nitrogens with two attached hydrogens (primary N) is 1. The molecule has 0 aliphatic rings. The molecule has 0 bridgehead atoms. The molecule has 0 unspecified atom stereocenters. The number of aliphatic hydroxyl groups excluding tert-OH is 3. The average molecular weight is 179 g/mol. The lowest BCUT2D eigenvalue weighted by Gasteiger charge is -2.21. The first-order valence-corrected chi connectivity index (χ1v) is 3.43. The maximum absolute atomic E-state index is 10.00. The maximum atomic E-state index is 10.00. The summed E-state index contributed by atoms with van der Waals surface area (Å²) >= 11 is 0. The van der Waals surface area contributed by atoms with Crippen molar-refractivity contribution in [3.63, 3.8) is 0 Å². The Morgan fingerprint density at radius 1 is 1.50 bits per heavy atom. The number of hydrogen-bond donors (Lipinski definition) is 4. The largest absolute Gasteiger partial charge is 0.394 e. The van der Waals surface area contributed by atoms with Gasteiger partial charge in [-0.25, -0.2) is 5.90 Å². The van der Waals surface area contributed by atoms with Crippen molar-refractivity contribution in [1.82, 2.24) is 0 Å². The molecule has 0 rings (SSSR count). The summed E-state index contributed by atoms with van der Waals surface area (Å²) in [6.45, 7) is -0.611. The van der Waals surface area contributed by atoms with Gasteiger partial charge in [0.1, 0.15) is 24.6 Å². The van der Waals surface area contributed by atoms with Crippen LogP contribution in [0.15, 0.2) is 0 Å². The summed E-state index contributed by atoms with van der Waals surface area (Å²) in [5.74, 6) is 4.74. The van der Waals surface area contributed by atoms with E-state index in [4.69, 9.17) is 21.2 Å². The van der Waals surface area contributed by atoms with Crippen LogP contribution in [0.4, 0.5) is 0 Å². The van der Waals surface area contributed by atoms with Crippen LogP contribution in [0.5, 0.6) is 0 Å². The van der Waals surface area contributed by atoms with E-state index in [-0.39, 0.29) is 6.42 Å². The van der Waals surface area contributed by atoms with Crippen LogP contribution in [0.3, 0.4) is 0 Å². The van der Waals surface area contributed by atoms with Gasteiger partial charge in [0, 0.05) is 6.42 Å². The third kappa shape index (κ3) is 3.24. The van der Waals surface area contributed by atoms with Gasteiger partial charge in [0.2, 0.25) is 0 Å². The first-order chi connectivity index (χ1) is 5.67. The van der Waals surface area contributed by atoms with Crippen LogP contribution >= 0.6 is 0 Å². The van der Waals surface area contributed by atoms with Gasteiger partial charge in [0.05, 0.1) is 6.61 Å². The zero-order chi connectivity index (χ0) is 9.56. The summed E-state index contributed by atoms with van der Waals surface area (Å²) in [7, 11) is 0. The number of aldehydes is 1. The van der Waals surface area contributed by atoms with Crippen LogP contribution in [-0.2, 0) is 9.63 Å². The van der Waals surface area contributed by atoms with Gasteiger partial charge in [-0.15, -0.1) is 0 Å². The molecule has 0 aromatic heterocycles. The summed E-state index contributed by atoms with van der Waals surface area (Å²) in [5, 5.41) is 26.5. The van der Waals surface area contributed by atoms with E-state index in [9.17, 15) is 4.79 Å². The molecule has 0 aliphatic carbocycles. The second-order valence-corrected chi connectivity index (χ2v) is 2.32. The van der Waals surface area contributed by atoms with Gasteiger partial charge < -0.3 is 20.1 Å². The first-order valence-electron chi connectivity index (χ1n) is 3.43. The zero-order valence-electron chi connectivity index (χ0n) is 6.46. The second kappa shape index (κ2) is 6.04. The standard InChI is InChI=1S/C6H13NO5/c7-12-5(1-2-8)6(11)4(10)3-9/h2,4-6,9-11H,1,3,7H2/t4-,5+,6+/m1/s1. The monoisotopic (exact) mass is 179 g/mol. The van der Waals surface area contributed by atoms with Crippen molar-refractivity contribution in [3.8, 4) is 0 Å². The molecule has 0 aromatic carbocycles. The lowest BCUT2D eigenvalue weighted by Crippen LogP contribution is -2.42. The molecule has 5 N–H and O–H groups in total. The highest BCUT2D eigenvalue weighted by molar-refractivity contribution is 5.50. The fourth-order valence-electron chi connectivity index (χ4n) is 0.726. The minimum Gasteiger partial charge on any atom is -0.394 e. The quantitative estimate of drug-likeness (QED) is 0.266. The number of carbonyl (C=O) groups is 1. The molecule has 12 heavy (non-hydrogen) atoms. The Kier molecular flexibility index (Phi) is 5.77. The lowest BCUT2D eigenvalue weighted by molar-refractivity contribution is -0.123.